The van der Waals surface area contributed by atoms with E-state index in [0.29, 0.717) is 32.2 Å². The van der Waals surface area contributed by atoms with Gasteiger partial charge < -0.3 is 20.1 Å². The van der Waals surface area contributed by atoms with Gasteiger partial charge in [0.15, 0.2) is 5.96 Å². The number of rotatable bonds is 9. The average Bonchev–Trinajstić information content (AvgIpc) is 3.04. The van der Waals surface area contributed by atoms with Gasteiger partial charge >= 0.3 is 0 Å². The molecule has 0 aliphatic rings. The Morgan fingerprint density at radius 3 is 2.88 bits per heavy atom. The number of aryl methyl sites for hydroxylation is 1. The summed E-state index contributed by atoms with van der Waals surface area (Å²) in [6.45, 7) is 6.98. The largest absolute Gasteiger partial charge is 0.475 e. The molecular weight excluding hydrogens is 338 g/mol. The molecule has 0 bridgehead atoms. The molecule has 0 spiro atoms. The van der Waals surface area contributed by atoms with Crippen LogP contribution in [-0.2, 0) is 17.8 Å². The van der Waals surface area contributed by atoms with Crippen LogP contribution in [0.25, 0.3) is 0 Å². The maximum absolute atomic E-state index is 5.65. The van der Waals surface area contributed by atoms with Crippen LogP contribution in [0.5, 0.6) is 5.88 Å². The molecule has 0 aliphatic heterocycles. The third-order valence-electron chi connectivity index (χ3n) is 3.20. The lowest BCUT2D eigenvalue weighted by Gasteiger charge is -2.11. The van der Waals surface area contributed by atoms with Crippen LogP contribution in [0, 0.1) is 6.92 Å². The third-order valence-corrected chi connectivity index (χ3v) is 4.12. The molecule has 0 saturated heterocycles. The van der Waals surface area contributed by atoms with Crippen molar-refractivity contribution in [2.75, 3.05) is 26.9 Å². The van der Waals surface area contributed by atoms with Crippen LogP contribution < -0.4 is 15.4 Å². The van der Waals surface area contributed by atoms with Crippen molar-refractivity contribution in [1.82, 2.24) is 20.6 Å². The standard InChI is InChI=1S/C17H25N5O2S/c1-4-18-17(22-12-15-20-10-13(2)25-15)21-11-14-6-5-7-19-16(14)24-9-8-23-3/h5-7,10H,4,8-9,11-12H2,1-3H3,(H2,18,21,22). The Balaban J connectivity index is 1.97. The molecule has 2 aromatic rings. The lowest BCUT2D eigenvalue weighted by molar-refractivity contribution is 0.143. The molecule has 2 aromatic heterocycles. The van der Waals surface area contributed by atoms with Gasteiger partial charge in [-0.2, -0.15) is 0 Å². The number of ether oxygens (including phenoxy) is 2. The topological polar surface area (TPSA) is 80.7 Å². The highest BCUT2D eigenvalue weighted by Gasteiger charge is 2.06. The van der Waals surface area contributed by atoms with Crippen molar-refractivity contribution in [1.29, 1.82) is 0 Å². The summed E-state index contributed by atoms with van der Waals surface area (Å²) in [6, 6.07) is 3.85. The van der Waals surface area contributed by atoms with E-state index in [9.17, 15) is 0 Å². The molecular formula is C17H25N5O2S. The van der Waals surface area contributed by atoms with Gasteiger partial charge in [-0.15, -0.1) is 11.3 Å². The van der Waals surface area contributed by atoms with Crippen LogP contribution in [0.15, 0.2) is 29.5 Å². The summed E-state index contributed by atoms with van der Waals surface area (Å²) in [5, 5.41) is 7.57. The van der Waals surface area contributed by atoms with Crippen molar-refractivity contribution in [2.24, 2.45) is 4.99 Å². The van der Waals surface area contributed by atoms with Gasteiger partial charge in [0.2, 0.25) is 5.88 Å². The molecule has 2 heterocycles. The van der Waals surface area contributed by atoms with Crippen molar-refractivity contribution in [3.63, 3.8) is 0 Å². The molecule has 0 amide bonds. The number of nitrogens with one attached hydrogen (secondary N) is 2. The van der Waals surface area contributed by atoms with Crippen LogP contribution in [0.4, 0.5) is 0 Å². The maximum atomic E-state index is 5.65. The number of guanidine groups is 1. The van der Waals surface area contributed by atoms with Gasteiger partial charge in [-0.3, -0.25) is 0 Å². The monoisotopic (exact) mass is 363 g/mol. The molecule has 8 heteroatoms. The van der Waals surface area contributed by atoms with E-state index in [2.05, 4.69) is 25.6 Å². The summed E-state index contributed by atoms with van der Waals surface area (Å²) in [6.07, 6.45) is 3.59. The van der Waals surface area contributed by atoms with E-state index < -0.39 is 0 Å². The molecule has 0 fully saturated rings. The summed E-state index contributed by atoms with van der Waals surface area (Å²) in [5.41, 5.74) is 0.931. The summed E-state index contributed by atoms with van der Waals surface area (Å²) in [7, 11) is 1.64. The van der Waals surface area contributed by atoms with E-state index >= 15 is 0 Å². The molecule has 0 unspecified atom stereocenters. The number of aromatic nitrogens is 2. The molecule has 2 N–H and O–H groups in total. The molecule has 7 nitrogen and oxygen atoms in total. The number of thiazole rings is 1. The summed E-state index contributed by atoms with van der Waals surface area (Å²) in [4.78, 5) is 14.4. The first-order chi connectivity index (χ1) is 12.2. The second kappa shape index (κ2) is 10.6. The second-order valence-electron chi connectivity index (χ2n) is 5.22. The SMILES string of the molecule is CCNC(=NCc1cccnc1OCCOC)NCc1ncc(C)s1. The Morgan fingerprint density at radius 2 is 2.16 bits per heavy atom. The number of methoxy groups -OCH3 is 1. The fourth-order valence-electron chi connectivity index (χ4n) is 2.04. The van der Waals surface area contributed by atoms with E-state index in [1.807, 2.05) is 32.2 Å². The third kappa shape index (κ3) is 6.67. The van der Waals surface area contributed by atoms with Gasteiger partial charge in [-0.05, 0) is 19.9 Å². The van der Waals surface area contributed by atoms with Gasteiger partial charge in [0.1, 0.15) is 11.6 Å². The van der Waals surface area contributed by atoms with Gasteiger partial charge in [-0.1, -0.05) is 6.07 Å². The zero-order valence-electron chi connectivity index (χ0n) is 14.9. The van der Waals surface area contributed by atoms with Crippen molar-refractivity contribution in [3.8, 4) is 5.88 Å². The molecule has 0 aromatic carbocycles. The highest BCUT2D eigenvalue weighted by atomic mass is 32.1. The van der Waals surface area contributed by atoms with Gasteiger partial charge in [0.25, 0.3) is 0 Å². The van der Waals surface area contributed by atoms with Crippen molar-refractivity contribution in [3.05, 3.63) is 40.0 Å². The quantitative estimate of drug-likeness (QED) is 0.404. The molecule has 0 atom stereocenters. The minimum Gasteiger partial charge on any atom is -0.475 e. The molecule has 0 aliphatic carbocycles. The molecule has 136 valence electrons. The van der Waals surface area contributed by atoms with Crippen molar-refractivity contribution < 1.29 is 9.47 Å². The second-order valence-corrected chi connectivity index (χ2v) is 6.54. The fraction of sp³-hybridized carbons (Fsp3) is 0.471. The van der Waals surface area contributed by atoms with Crippen LogP contribution >= 0.6 is 11.3 Å². The predicted molar refractivity (Wildman–Crippen MR) is 100 cm³/mol. The number of nitrogens with zero attached hydrogens (tertiary/aromatic N) is 3. The highest BCUT2D eigenvalue weighted by Crippen LogP contribution is 2.15. The van der Waals surface area contributed by atoms with Crippen LogP contribution in [0.3, 0.4) is 0 Å². The molecule has 0 radical (unpaired) electrons. The molecule has 25 heavy (non-hydrogen) atoms. The van der Waals surface area contributed by atoms with E-state index in [4.69, 9.17) is 9.47 Å². The normalized spacial score (nSPS) is 11.4. The van der Waals surface area contributed by atoms with Crippen LogP contribution in [0.2, 0.25) is 0 Å². The number of aliphatic imine (C=N–C) groups is 1. The molecule has 2 rings (SSSR count). The summed E-state index contributed by atoms with van der Waals surface area (Å²) in [5.74, 6) is 1.33. The highest BCUT2D eigenvalue weighted by molar-refractivity contribution is 7.11. The maximum Gasteiger partial charge on any atom is 0.218 e. The Morgan fingerprint density at radius 1 is 1.28 bits per heavy atom. The van der Waals surface area contributed by atoms with Crippen LogP contribution in [-0.4, -0.2) is 42.8 Å². The van der Waals surface area contributed by atoms with Crippen molar-refractivity contribution >= 4 is 17.3 Å². The van der Waals surface area contributed by atoms with E-state index in [1.54, 1.807) is 24.6 Å². The minimum atomic E-state index is 0.464. The van der Waals surface area contributed by atoms with Crippen molar-refractivity contribution in [2.45, 2.75) is 26.9 Å². The average molecular weight is 363 g/mol. The summed E-state index contributed by atoms with van der Waals surface area (Å²) >= 11 is 1.68. The zero-order valence-corrected chi connectivity index (χ0v) is 15.7. The minimum absolute atomic E-state index is 0.464. The van der Waals surface area contributed by atoms with E-state index in [1.165, 1.54) is 4.88 Å². The first kappa shape index (κ1) is 19.1. The lowest BCUT2D eigenvalue weighted by atomic mass is 10.3. The number of hydrogen-bond acceptors (Lipinski definition) is 6. The number of hydrogen-bond donors (Lipinski definition) is 2. The number of pyridine rings is 1. The first-order valence-corrected chi connectivity index (χ1v) is 9.03. The van der Waals surface area contributed by atoms with E-state index in [-0.39, 0.29) is 0 Å². The first-order valence-electron chi connectivity index (χ1n) is 8.22. The summed E-state index contributed by atoms with van der Waals surface area (Å²) < 4.78 is 10.7. The van der Waals surface area contributed by atoms with Gasteiger partial charge in [0.05, 0.1) is 19.7 Å². The van der Waals surface area contributed by atoms with Crippen LogP contribution in [0.1, 0.15) is 22.4 Å². The lowest BCUT2D eigenvalue weighted by Crippen LogP contribution is -2.36. The predicted octanol–water partition coefficient (Wildman–Crippen LogP) is 2.13. The zero-order chi connectivity index (χ0) is 17.9. The molecule has 0 saturated carbocycles. The Hall–Kier alpha value is -2.19. The van der Waals surface area contributed by atoms with Gasteiger partial charge in [0, 0.05) is 36.5 Å². The smallest absolute Gasteiger partial charge is 0.218 e. The fourth-order valence-corrected chi connectivity index (χ4v) is 2.77. The van der Waals surface area contributed by atoms with Gasteiger partial charge in [-0.25, -0.2) is 15.0 Å². The Kier molecular flexibility index (Phi) is 8.14. The van der Waals surface area contributed by atoms with E-state index in [0.717, 1.165) is 23.1 Å². The Bertz CT molecular complexity index is 675. The Labute approximate surface area is 152 Å².